The summed E-state index contributed by atoms with van der Waals surface area (Å²) in [5, 5.41) is 0. The van der Waals surface area contributed by atoms with E-state index in [4.69, 9.17) is 4.98 Å². The third-order valence-corrected chi connectivity index (χ3v) is 5.93. The number of hydrogen-bond acceptors (Lipinski definition) is 3. The maximum Gasteiger partial charge on any atom is 0.222 e. The Kier molecular flexibility index (Phi) is 6.57. The van der Waals surface area contributed by atoms with Gasteiger partial charge in [-0.2, -0.15) is 0 Å². The Bertz CT molecular complexity index is 966. The fourth-order valence-electron chi connectivity index (χ4n) is 4.30. The van der Waals surface area contributed by atoms with Gasteiger partial charge >= 0.3 is 0 Å². The van der Waals surface area contributed by atoms with Crippen LogP contribution in [0.5, 0.6) is 0 Å². The van der Waals surface area contributed by atoms with Crippen LogP contribution in [0.3, 0.4) is 0 Å². The minimum absolute atomic E-state index is 0.273. The summed E-state index contributed by atoms with van der Waals surface area (Å²) in [5.41, 5.74) is 2.37. The van der Waals surface area contributed by atoms with Gasteiger partial charge in [0.15, 0.2) is 0 Å². The summed E-state index contributed by atoms with van der Waals surface area (Å²) in [6.45, 7) is 3.73. The quantitative estimate of drug-likeness (QED) is 0.582. The lowest BCUT2D eigenvalue weighted by molar-refractivity contribution is -0.132. The highest BCUT2D eigenvalue weighted by molar-refractivity contribution is 5.76. The number of pyridine rings is 1. The summed E-state index contributed by atoms with van der Waals surface area (Å²) >= 11 is 0. The Labute approximate surface area is 178 Å². The van der Waals surface area contributed by atoms with Crippen molar-refractivity contribution < 1.29 is 4.79 Å². The van der Waals surface area contributed by atoms with Crippen LogP contribution in [-0.4, -0.2) is 38.4 Å². The third kappa shape index (κ3) is 4.78. The van der Waals surface area contributed by atoms with Crippen LogP contribution < -0.4 is 0 Å². The first kappa shape index (κ1) is 20.3. The van der Waals surface area contributed by atoms with E-state index in [1.807, 2.05) is 29.4 Å². The largest absolute Gasteiger partial charge is 0.342 e. The number of imidazole rings is 1. The molecular weight excluding hydrogens is 372 g/mol. The van der Waals surface area contributed by atoms with Gasteiger partial charge in [0.05, 0.1) is 0 Å². The van der Waals surface area contributed by atoms with Gasteiger partial charge in [0.1, 0.15) is 11.6 Å². The summed E-state index contributed by atoms with van der Waals surface area (Å²) in [6.07, 6.45) is 9.24. The number of amides is 1. The van der Waals surface area contributed by atoms with E-state index < -0.39 is 0 Å². The zero-order valence-corrected chi connectivity index (χ0v) is 17.7. The van der Waals surface area contributed by atoms with E-state index in [-0.39, 0.29) is 5.91 Å². The summed E-state index contributed by atoms with van der Waals surface area (Å²) in [4.78, 5) is 24.2. The van der Waals surface area contributed by atoms with Crippen LogP contribution in [0.15, 0.2) is 60.9 Å². The van der Waals surface area contributed by atoms with Gasteiger partial charge in [0.2, 0.25) is 5.91 Å². The molecular formula is C25H30N4O. The molecule has 3 aromatic rings. The molecule has 1 amide bonds. The average Bonchev–Trinajstić information content (AvgIpc) is 3.29. The summed E-state index contributed by atoms with van der Waals surface area (Å²) in [5.74, 6) is 2.49. The minimum atomic E-state index is 0.273. The Hall–Kier alpha value is -2.95. The van der Waals surface area contributed by atoms with E-state index >= 15 is 0 Å². The SMILES string of the molecule is CCc1nccn1-c1cccc([C@@H]2CCCN(C(=O)CCCc3ccccc3)C2)n1. The topological polar surface area (TPSA) is 51.0 Å². The number of hydrogen-bond donors (Lipinski definition) is 0. The van der Waals surface area contributed by atoms with Crippen LogP contribution in [0.1, 0.15) is 55.6 Å². The van der Waals surface area contributed by atoms with Crippen molar-refractivity contribution in [2.24, 2.45) is 0 Å². The molecule has 1 fully saturated rings. The van der Waals surface area contributed by atoms with Crippen LogP contribution in [0.4, 0.5) is 0 Å². The van der Waals surface area contributed by atoms with E-state index in [1.165, 1.54) is 5.56 Å². The highest BCUT2D eigenvalue weighted by atomic mass is 16.2. The van der Waals surface area contributed by atoms with Crippen molar-refractivity contribution in [3.8, 4) is 5.82 Å². The summed E-state index contributed by atoms with van der Waals surface area (Å²) in [6, 6.07) is 16.6. The number of carbonyl (C=O) groups excluding carboxylic acids is 1. The van der Waals surface area contributed by atoms with Gasteiger partial charge in [0.25, 0.3) is 0 Å². The smallest absolute Gasteiger partial charge is 0.222 e. The van der Waals surface area contributed by atoms with E-state index in [1.54, 1.807) is 0 Å². The first-order chi connectivity index (χ1) is 14.7. The molecule has 1 aliphatic rings. The highest BCUT2D eigenvalue weighted by Crippen LogP contribution is 2.27. The van der Waals surface area contributed by atoms with Crippen LogP contribution >= 0.6 is 0 Å². The fourth-order valence-corrected chi connectivity index (χ4v) is 4.30. The summed E-state index contributed by atoms with van der Waals surface area (Å²) in [7, 11) is 0. The van der Waals surface area contributed by atoms with Crippen molar-refractivity contribution in [2.45, 2.75) is 51.4 Å². The number of carbonyl (C=O) groups is 1. The number of rotatable bonds is 7. The number of nitrogens with zero attached hydrogens (tertiary/aromatic N) is 4. The van der Waals surface area contributed by atoms with Gasteiger partial charge in [-0.15, -0.1) is 0 Å². The van der Waals surface area contributed by atoms with Gasteiger partial charge in [0, 0.05) is 49.9 Å². The maximum absolute atomic E-state index is 12.8. The number of piperidine rings is 1. The van der Waals surface area contributed by atoms with Crippen molar-refractivity contribution >= 4 is 5.91 Å². The van der Waals surface area contributed by atoms with Crippen molar-refractivity contribution in [1.29, 1.82) is 0 Å². The molecule has 0 radical (unpaired) electrons. The molecule has 1 atom stereocenters. The molecule has 1 saturated heterocycles. The Morgan fingerprint density at radius 2 is 2.00 bits per heavy atom. The van der Waals surface area contributed by atoms with Crippen LogP contribution in [-0.2, 0) is 17.6 Å². The molecule has 0 bridgehead atoms. The molecule has 30 heavy (non-hydrogen) atoms. The zero-order valence-electron chi connectivity index (χ0n) is 17.7. The first-order valence-corrected chi connectivity index (χ1v) is 11.1. The molecule has 0 saturated carbocycles. The molecule has 3 heterocycles. The molecule has 2 aromatic heterocycles. The van der Waals surface area contributed by atoms with Gasteiger partial charge in [-0.1, -0.05) is 43.3 Å². The molecule has 0 unspecified atom stereocenters. The molecule has 156 valence electrons. The molecule has 0 N–H and O–H groups in total. The van der Waals surface area contributed by atoms with Crippen molar-refractivity contribution in [1.82, 2.24) is 19.4 Å². The average molecular weight is 403 g/mol. The number of likely N-dealkylation sites (tertiary alicyclic amines) is 1. The fraction of sp³-hybridized carbons (Fsp3) is 0.400. The predicted molar refractivity (Wildman–Crippen MR) is 119 cm³/mol. The first-order valence-electron chi connectivity index (χ1n) is 11.1. The van der Waals surface area contributed by atoms with Gasteiger partial charge in [-0.25, -0.2) is 9.97 Å². The van der Waals surface area contributed by atoms with E-state index in [9.17, 15) is 4.79 Å². The van der Waals surface area contributed by atoms with Crippen molar-refractivity contribution in [2.75, 3.05) is 13.1 Å². The minimum Gasteiger partial charge on any atom is -0.342 e. The number of aryl methyl sites for hydroxylation is 2. The van der Waals surface area contributed by atoms with E-state index in [2.05, 4.69) is 52.9 Å². The molecule has 4 rings (SSSR count). The lowest BCUT2D eigenvalue weighted by atomic mass is 9.94. The Balaban J connectivity index is 1.38. The molecule has 0 spiro atoms. The Morgan fingerprint density at radius 3 is 2.83 bits per heavy atom. The molecule has 5 heteroatoms. The van der Waals surface area contributed by atoms with Crippen LogP contribution in [0.25, 0.3) is 5.82 Å². The van der Waals surface area contributed by atoms with Crippen molar-refractivity contribution in [3.63, 3.8) is 0 Å². The standard InChI is InChI=1S/C25H30N4O/c1-2-23-26-16-18-29(23)24-14-7-13-22(27-24)21-12-8-17-28(19-21)25(30)15-6-11-20-9-4-3-5-10-20/h3-5,7,9-10,13-14,16,18,21H,2,6,8,11-12,15,17,19H2,1H3/t21-/m1/s1. The second-order valence-corrected chi connectivity index (χ2v) is 8.01. The Morgan fingerprint density at radius 1 is 1.13 bits per heavy atom. The monoisotopic (exact) mass is 402 g/mol. The highest BCUT2D eigenvalue weighted by Gasteiger charge is 2.25. The van der Waals surface area contributed by atoms with Gasteiger partial charge < -0.3 is 4.90 Å². The normalized spacial score (nSPS) is 16.6. The maximum atomic E-state index is 12.8. The molecule has 5 nitrogen and oxygen atoms in total. The molecule has 1 aromatic carbocycles. The molecule has 1 aliphatic heterocycles. The second kappa shape index (κ2) is 9.70. The zero-order chi connectivity index (χ0) is 20.8. The number of aromatic nitrogens is 3. The van der Waals surface area contributed by atoms with Crippen LogP contribution in [0.2, 0.25) is 0 Å². The lowest BCUT2D eigenvalue weighted by Crippen LogP contribution is -2.39. The summed E-state index contributed by atoms with van der Waals surface area (Å²) < 4.78 is 2.05. The van der Waals surface area contributed by atoms with E-state index in [0.717, 1.165) is 62.5 Å². The van der Waals surface area contributed by atoms with Crippen LogP contribution in [0, 0.1) is 0 Å². The van der Waals surface area contributed by atoms with Gasteiger partial charge in [-0.3, -0.25) is 9.36 Å². The predicted octanol–water partition coefficient (Wildman–Crippen LogP) is 4.56. The van der Waals surface area contributed by atoms with E-state index in [0.29, 0.717) is 12.3 Å². The second-order valence-electron chi connectivity index (χ2n) is 8.01. The lowest BCUT2D eigenvalue weighted by Gasteiger charge is -2.32. The number of benzene rings is 1. The molecule has 0 aliphatic carbocycles. The van der Waals surface area contributed by atoms with Crippen molar-refractivity contribution in [3.05, 3.63) is 78.0 Å². The third-order valence-electron chi connectivity index (χ3n) is 5.93. The van der Waals surface area contributed by atoms with Gasteiger partial charge in [-0.05, 0) is 43.4 Å².